The number of rotatable bonds is 4. The Labute approximate surface area is 177 Å². The fourth-order valence-corrected chi connectivity index (χ4v) is 4.07. The van der Waals surface area contributed by atoms with Crippen molar-refractivity contribution in [2.45, 2.75) is 12.6 Å². The lowest BCUT2D eigenvalue weighted by Gasteiger charge is -2.09. The summed E-state index contributed by atoms with van der Waals surface area (Å²) in [7, 11) is 0. The molecule has 0 bridgehead atoms. The number of benzene rings is 2. The van der Waals surface area contributed by atoms with Gasteiger partial charge in [-0.05, 0) is 42.0 Å². The molecule has 0 aliphatic rings. The first-order valence-electron chi connectivity index (χ1n) is 8.28. The molecular formula is C19H11Cl2F3N4S. The molecule has 148 valence electrons. The normalized spacial score (nSPS) is 11.8. The first-order chi connectivity index (χ1) is 13.8. The predicted octanol–water partition coefficient (Wildman–Crippen LogP) is 6.75. The van der Waals surface area contributed by atoms with E-state index in [0.717, 1.165) is 22.7 Å². The van der Waals surface area contributed by atoms with E-state index in [9.17, 15) is 13.2 Å². The second-order valence-electron chi connectivity index (χ2n) is 6.10. The lowest BCUT2D eigenvalue weighted by molar-refractivity contribution is -0.137. The lowest BCUT2D eigenvalue weighted by Crippen LogP contribution is -2.04. The molecule has 10 heteroatoms. The number of halogens is 5. The zero-order valence-electron chi connectivity index (χ0n) is 14.5. The first kappa shape index (κ1) is 19.9. The fourth-order valence-electron chi connectivity index (χ4n) is 2.67. The highest BCUT2D eigenvalue weighted by atomic mass is 35.5. The highest BCUT2D eigenvalue weighted by Gasteiger charge is 2.30. The molecular weight excluding hydrogens is 444 g/mol. The SMILES string of the molecule is FC(F)(F)c1ccc(Nc2ncnc3sc(Cc4ccc(Cl)cc4Cl)nc23)cc1. The third-order valence-electron chi connectivity index (χ3n) is 4.07. The Morgan fingerprint density at radius 1 is 1.00 bits per heavy atom. The van der Waals surface area contributed by atoms with E-state index < -0.39 is 11.7 Å². The van der Waals surface area contributed by atoms with E-state index in [1.165, 1.54) is 29.8 Å². The third kappa shape index (κ3) is 4.44. The molecule has 0 radical (unpaired) electrons. The summed E-state index contributed by atoms with van der Waals surface area (Å²) in [6.07, 6.45) is -2.50. The molecule has 4 rings (SSSR count). The van der Waals surface area contributed by atoms with E-state index in [-0.39, 0.29) is 0 Å². The Bertz CT molecular complexity index is 1180. The number of thiazole rings is 1. The molecule has 0 aliphatic carbocycles. The summed E-state index contributed by atoms with van der Waals surface area (Å²) in [6.45, 7) is 0. The van der Waals surface area contributed by atoms with Gasteiger partial charge in [0, 0.05) is 22.2 Å². The van der Waals surface area contributed by atoms with Crippen LogP contribution in [0.15, 0.2) is 48.8 Å². The van der Waals surface area contributed by atoms with Gasteiger partial charge in [-0.25, -0.2) is 15.0 Å². The van der Waals surface area contributed by atoms with Crippen molar-refractivity contribution in [3.05, 3.63) is 75.0 Å². The average Bonchev–Trinajstić information content (AvgIpc) is 3.07. The van der Waals surface area contributed by atoms with Crippen LogP contribution in [0.5, 0.6) is 0 Å². The van der Waals surface area contributed by atoms with E-state index in [4.69, 9.17) is 23.2 Å². The zero-order chi connectivity index (χ0) is 20.6. The molecule has 29 heavy (non-hydrogen) atoms. The summed E-state index contributed by atoms with van der Waals surface area (Å²) in [5.41, 5.74) is 1.16. The quantitative estimate of drug-likeness (QED) is 0.370. The second kappa shape index (κ2) is 7.78. The fraction of sp³-hybridized carbons (Fsp3) is 0.105. The highest BCUT2D eigenvalue weighted by molar-refractivity contribution is 7.18. The molecule has 4 nitrogen and oxygen atoms in total. The van der Waals surface area contributed by atoms with E-state index >= 15 is 0 Å². The van der Waals surface area contributed by atoms with Crippen molar-refractivity contribution in [2.75, 3.05) is 5.32 Å². The smallest absolute Gasteiger partial charge is 0.338 e. The van der Waals surface area contributed by atoms with Crippen molar-refractivity contribution in [2.24, 2.45) is 0 Å². The maximum Gasteiger partial charge on any atom is 0.416 e. The number of hydrogen-bond acceptors (Lipinski definition) is 5. The molecule has 0 atom stereocenters. The number of alkyl halides is 3. The molecule has 0 saturated heterocycles. The largest absolute Gasteiger partial charge is 0.416 e. The zero-order valence-corrected chi connectivity index (χ0v) is 16.8. The van der Waals surface area contributed by atoms with Crippen LogP contribution >= 0.6 is 34.5 Å². The summed E-state index contributed by atoms with van der Waals surface area (Å²) in [4.78, 5) is 13.7. The van der Waals surface area contributed by atoms with Gasteiger partial charge in [0.25, 0.3) is 0 Å². The van der Waals surface area contributed by atoms with Crippen molar-refractivity contribution in [1.82, 2.24) is 15.0 Å². The molecule has 0 fully saturated rings. The maximum absolute atomic E-state index is 12.7. The predicted molar refractivity (Wildman–Crippen MR) is 109 cm³/mol. The highest BCUT2D eigenvalue weighted by Crippen LogP contribution is 2.32. The van der Waals surface area contributed by atoms with Gasteiger partial charge in [0.05, 0.1) is 5.56 Å². The van der Waals surface area contributed by atoms with Crippen LogP contribution in [0.3, 0.4) is 0 Å². The molecule has 0 amide bonds. The Hall–Kier alpha value is -2.42. The molecule has 0 saturated carbocycles. The van der Waals surface area contributed by atoms with Gasteiger partial charge >= 0.3 is 6.18 Å². The van der Waals surface area contributed by atoms with Crippen molar-refractivity contribution < 1.29 is 13.2 Å². The molecule has 2 aromatic carbocycles. The van der Waals surface area contributed by atoms with Crippen LogP contribution in [0.2, 0.25) is 10.0 Å². The first-order valence-corrected chi connectivity index (χ1v) is 9.85. The van der Waals surface area contributed by atoms with Crippen LogP contribution in [-0.4, -0.2) is 15.0 Å². The van der Waals surface area contributed by atoms with Crippen LogP contribution in [-0.2, 0) is 12.6 Å². The van der Waals surface area contributed by atoms with E-state index in [0.29, 0.717) is 38.3 Å². The Balaban J connectivity index is 1.61. The summed E-state index contributed by atoms with van der Waals surface area (Å²) in [5, 5.41) is 4.88. The lowest BCUT2D eigenvalue weighted by atomic mass is 10.1. The minimum atomic E-state index is -4.38. The number of anilines is 2. The minimum absolute atomic E-state index is 0.416. The van der Waals surface area contributed by atoms with E-state index in [2.05, 4.69) is 20.3 Å². The van der Waals surface area contributed by atoms with Gasteiger partial charge in [0.15, 0.2) is 5.82 Å². The Morgan fingerprint density at radius 2 is 1.76 bits per heavy atom. The summed E-state index contributed by atoms with van der Waals surface area (Å²) in [5.74, 6) is 0.416. The van der Waals surface area contributed by atoms with Gasteiger partial charge < -0.3 is 5.32 Å². The van der Waals surface area contributed by atoms with E-state index in [1.807, 2.05) is 6.07 Å². The summed E-state index contributed by atoms with van der Waals surface area (Å²) in [6, 6.07) is 9.97. The minimum Gasteiger partial charge on any atom is -0.338 e. The molecule has 0 unspecified atom stereocenters. The van der Waals surface area contributed by atoms with Gasteiger partial charge in [-0.15, -0.1) is 0 Å². The van der Waals surface area contributed by atoms with Crippen molar-refractivity contribution in [3.8, 4) is 0 Å². The summed E-state index contributed by atoms with van der Waals surface area (Å²) < 4.78 is 38.2. The molecule has 0 aliphatic heterocycles. The van der Waals surface area contributed by atoms with Gasteiger partial charge in [-0.1, -0.05) is 40.6 Å². The van der Waals surface area contributed by atoms with Crippen LogP contribution in [0.25, 0.3) is 10.3 Å². The summed E-state index contributed by atoms with van der Waals surface area (Å²) >= 11 is 13.6. The van der Waals surface area contributed by atoms with Crippen LogP contribution in [0.4, 0.5) is 24.7 Å². The van der Waals surface area contributed by atoms with Crippen molar-refractivity contribution in [3.63, 3.8) is 0 Å². The Kier molecular flexibility index (Phi) is 5.33. The molecule has 2 heterocycles. The monoisotopic (exact) mass is 454 g/mol. The standard InChI is InChI=1S/C19H11Cl2F3N4S/c20-12-4-1-10(14(21)8-12)7-15-28-16-17(25-9-26-18(16)29-15)27-13-5-2-11(3-6-13)19(22,23)24/h1-6,8-9H,7H2,(H,25,26,27). The number of nitrogens with one attached hydrogen (secondary N) is 1. The topological polar surface area (TPSA) is 50.7 Å². The van der Waals surface area contributed by atoms with Gasteiger partial charge in [0.2, 0.25) is 0 Å². The van der Waals surface area contributed by atoms with Gasteiger partial charge in [-0.2, -0.15) is 13.2 Å². The van der Waals surface area contributed by atoms with Crippen molar-refractivity contribution in [1.29, 1.82) is 0 Å². The van der Waals surface area contributed by atoms with Gasteiger partial charge in [-0.3, -0.25) is 0 Å². The molecule has 4 aromatic rings. The number of fused-ring (bicyclic) bond motifs is 1. The van der Waals surface area contributed by atoms with Crippen LogP contribution in [0, 0.1) is 0 Å². The van der Waals surface area contributed by atoms with Crippen LogP contribution in [0.1, 0.15) is 16.1 Å². The number of nitrogens with zero attached hydrogens (tertiary/aromatic N) is 3. The van der Waals surface area contributed by atoms with Crippen LogP contribution < -0.4 is 5.32 Å². The molecule has 0 spiro atoms. The van der Waals surface area contributed by atoms with E-state index in [1.54, 1.807) is 12.1 Å². The third-order valence-corrected chi connectivity index (χ3v) is 5.62. The maximum atomic E-state index is 12.7. The second-order valence-corrected chi connectivity index (χ2v) is 8.00. The Morgan fingerprint density at radius 3 is 2.45 bits per heavy atom. The average molecular weight is 455 g/mol. The number of hydrogen-bond donors (Lipinski definition) is 1. The molecule has 2 aromatic heterocycles. The van der Waals surface area contributed by atoms with Crippen molar-refractivity contribution >= 4 is 56.4 Å². The van der Waals surface area contributed by atoms with Gasteiger partial charge in [0.1, 0.15) is 21.7 Å². The molecule has 1 N–H and O–H groups in total. The number of aromatic nitrogens is 3.